The number of ether oxygens (including phenoxy) is 2. The van der Waals surface area contributed by atoms with Gasteiger partial charge in [-0.25, -0.2) is 4.79 Å². The lowest BCUT2D eigenvalue weighted by molar-refractivity contribution is 0.399. The molecule has 1 rings (SSSR count). The minimum absolute atomic E-state index is 0.504. The Balaban J connectivity index is 3.01. The number of hydrogen-bond donors (Lipinski definition) is 0. The highest BCUT2D eigenvalue weighted by Crippen LogP contribution is 2.24. The standard InChI is InChI=1S/C11H12O3/c1-13-10-5-6-11(14-2)9(8-10)4-3-7-12/h3,5-6,8H,4H2,1-2H3. The zero-order valence-electron chi connectivity index (χ0n) is 8.24. The third kappa shape index (κ3) is 2.38. The topological polar surface area (TPSA) is 35.5 Å². The van der Waals surface area contributed by atoms with Gasteiger partial charge >= 0.3 is 0 Å². The van der Waals surface area contributed by atoms with Crippen LogP contribution in [-0.4, -0.2) is 20.2 Å². The van der Waals surface area contributed by atoms with Crippen molar-refractivity contribution in [3.63, 3.8) is 0 Å². The van der Waals surface area contributed by atoms with E-state index in [1.807, 2.05) is 18.2 Å². The first-order valence-electron chi connectivity index (χ1n) is 4.22. The number of benzene rings is 1. The third-order valence-corrected chi connectivity index (χ3v) is 1.89. The molecule has 0 aromatic heterocycles. The summed E-state index contributed by atoms with van der Waals surface area (Å²) in [5.74, 6) is 3.23. The Labute approximate surface area is 83.0 Å². The molecule has 0 atom stereocenters. The van der Waals surface area contributed by atoms with Crippen LogP contribution in [0.1, 0.15) is 5.56 Å². The maximum absolute atomic E-state index is 10.1. The van der Waals surface area contributed by atoms with Crippen LogP contribution in [0.3, 0.4) is 0 Å². The van der Waals surface area contributed by atoms with E-state index in [1.54, 1.807) is 20.2 Å². The molecule has 0 bridgehead atoms. The molecule has 0 spiro atoms. The second-order valence-electron chi connectivity index (χ2n) is 2.70. The zero-order chi connectivity index (χ0) is 10.4. The van der Waals surface area contributed by atoms with Gasteiger partial charge in [0, 0.05) is 18.1 Å². The lowest BCUT2D eigenvalue weighted by atomic mass is 10.1. The van der Waals surface area contributed by atoms with Crippen LogP contribution in [0.5, 0.6) is 11.5 Å². The highest BCUT2D eigenvalue weighted by molar-refractivity contribution is 5.49. The molecule has 0 fully saturated rings. The number of methoxy groups -OCH3 is 2. The van der Waals surface area contributed by atoms with Crippen molar-refractivity contribution in [1.82, 2.24) is 0 Å². The quantitative estimate of drug-likeness (QED) is 0.680. The summed E-state index contributed by atoms with van der Waals surface area (Å²) in [5, 5.41) is 0. The highest BCUT2D eigenvalue weighted by Gasteiger charge is 2.02. The van der Waals surface area contributed by atoms with Gasteiger partial charge in [0.2, 0.25) is 0 Å². The Kier molecular flexibility index (Phi) is 3.77. The molecular weight excluding hydrogens is 180 g/mol. The van der Waals surface area contributed by atoms with Crippen molar-refractivity contribution < 1.29 is 14.3 Å². The second kappa shape index (κ2) is 5.10. The Morgan fingerprint density at radius 2 is 2.14 bits per heavy atom. The average Bonchev–Trinajstić information content (AvgIpc) is 2.25. The summed E-state index contributed by atoms with van der Waals surface area (Å²) in [5.41, 5.74) is 0.912. The van der Waals surface area contributed by atoms with Gasteiger partial charge < -0.3 is 9.47 Å². The van der Waals surface area contributed by atoms with E-state index in [2.05, 4.69) is 0 Å². The molecule has 0 unspecified atom stereocenters. The molecule has 0 aliphatic heterocycles. The van der Waals surface area contributed by atoms with E-state index < -0.39 is 0 Å². The lowest BCUT2D eigenvalue weighted by Gasteiger charge is -2.07. The Morgan fingerprint density at radius 3 is 2.71 bits per heavy atom. The molecule has 0 saturated carbocycles. The molecule has 1 aromatic carbocycles. The van der Waals surface area contributed by atoms with Crippen LogP contribution >= 0.6 is 0 Å². The first-order valence-corrected chi connectivity index (χ1v) is 4.22. The van der Waals surface area contributed by atoms with Crippen LogP contribution in [0.15, 0.2) is 24.3 Å². The molecule has 14 heavy (non-hydrogen) atoms. The molecule has 0 N–H and O–H groups in total. The Morgan fingerprint density at radius 1 is 1.36 bits per heavy atom. The van der Waals surface area contributed by atoms with Crippen molar-refractivity contribution in [2.75, 3.05) is 14.2 Å². The van der Waals surface area contributed by atoms with Gasteiger partial charge in [-0.05, 0) is 18.2 Å². The second-order valence-corrected chi connectivity index (χ2v) is 2.70. The first-order chi connectivity index (χ1) is 6.81. The molecule has 3 heteroatoms. The number of carbonyl (C=O) groups excluding carboxylic acids is 1. The molecule has 0 amide bonds. The summed E-state index contributed by atoms with van der Waals surface area (Å²) >= 11 is 0. The van der Waals surface area contributed by atoms with Crippen LogP contribution < -0.4 is 9.47 Å². The minimum atomic E-state index is 0.504. The molecule has 1 aromatic rings. The van der Waals surface area contributed by atoms with Gasteiger partial charge in [-0.1, -0.05) is 0 Å². The fourth-order valence-corrected chi connectivity index (χ4v) is 1.19. The number of hydrogen-bond acceptors (Lipinski definition) is 3. The highest BCUT2D eigenvalue weighted by atomic mass is 16.5. The van der Waals surface area contributed by atoms with Gasteiger partial charge in [0.25, 0.3) is 0 Å². The van der Waals surface area contributed by atoms with Crippen LogP contribution in [0.2, 0.25) is 0 Å². The van der Waals surface area contributed by atoms with Gasteiger partial charge in [0.05, 0.1) is 14.2 Å². The maximum atomic E-state index is 10.1. The Hall–Kier alpha value is -1.73. The molecule has 0 radical (unpaired) electrons. The summed E-state index contributed by atoms with van der Waals surface area (Å²) in [7, 11) is 3.19. The summed E-state index contributed by atoms with van der Waals surface area (Å²) in [6.07, 6.45) is 1.92. The van der Waals surface area contributed by atoms with Gasteiger partial charge in [-0.15, -0.1) is 0 Å². The van der Waals surface area contributed by atoms with Crippen LogP contribution in [-0.2, 0) is 11.2 Å². The van der Waals surface area contributed by atoms with Gasteiger partial charge in [-0.3, -0.25) is 0 Å². The Bertz CT molecular complexity index is 352. The van der Waals surface area contributed by atoms with Crippen LogP contribution in [0, 0.1) is 0 Å². The zero-order valence-corrected chi connectivity index (χ0v) is 8.24. The fourth-order valence-electron chi connectivity index (χ4n) is 1.19. The normalized spacial score (nSPS) is 9.00. The van der Waals surface area contributed by atoms with Crippen molar-refractivity contribution in [2.45, 2.75) is 6.42 Å². The first kappa shape index (κ1) is 10.4. The van der Waals surface area contributed by atoms with Gasteiger partial charge in [-0.2, -0.15) is 0 Å². The van der Waals surface area contributed by atoms with Crippen molar-refractivity contribution in [3.05, 3.63) is 29.8 Å². The smallest absolute Gasteiger partial charge is 0.122 e. The molecule has 0 aliphatic rings. The molecule has 74 valence electrons. The van der Waals surface area contributed by atoms with E-state index in [1.165, 1.54) is 6.08 Å². The summed E-state index contributed by atoms with van der Waals surface area (Å²) in [6, 6.07) is 5.46. The third-order valence-electron chi connectivity index (χ3n) is 1.89. The lowest BCUT2D eigenvalue weighted by Crippen LogP contribution is -1.92. The monoisotopic (exact) mass is 192 g/mol. The van der Waals surface area contributed by atoms with Gasteiger partial charge in [0.1, 0.15) is 17.4 Å². The van der Waals surface area contributed by atoms with Gasteiger partial charge in [0.15, 0.2) is 0 Å². The van der Waals surface area contributed by atoms with E-state index in [0.717, 1.165) is 17.1 Å². The molecular formula is C11H12O3. The van der Waals surface area contributed by atoms with E-state index in [4.69, 9.17) is 9.47 Å². The molecule has 0 saturated heterocycles. The summed E-state index contributed by atoms with van der Waals surface area (Å²) in [6.45, 7) is 0. The van der Waals surface area contributed by atoms with E-state index >= 15 is 0 Å². The van der Waals surface area contributed by atoms with Crippen molar-refractivity contribution in [2.24, 2.45) is 0 Å². The van der Waals surface area contributed by atoms with Crippen molar-refractivity contribution in [3.8, 4) is 11.5 Å². The predicted octanol–water partition coefficient (Wildman–Crippen LogP) is 1.63. The van der Waals surface area contributed by atoms with E-state index in [9.17, 15) is 4.79 Å². The molecule has 0 aliphatic carbocycles. The maximum Gasteiger partial charge on any atom is 0.122 e. The van der Waals surface area contributed by atoms with Crippen molar-refractivity contribution >= 4 is 5.94 Å². The largest absolute Gasteiger partial charge is 0.497 e. The van der Waals surface area contributed by atoms with Crippen LogP contribution in [0.4, 0.5) is 0 Å². The van der Waals surface area contributed by atoms with E-state index in [0.29, 0.717) is 6.42 Å². The summed E-state index contributed by atoms with van der Waals surface area (Å²) < 4.78 is 10.2. The minimum Gasteiger partial charge on any atom is -0.497 e. The van der Waals surface area contributed by atoms with Crippen molar-refractivity contribution in [1.29, 1.82) is 0 Å². The van der Waals surface area contributed by atoms with Crippen LogP contribution in [0.25, 0.3) is 0 Å². The fraction of sp³-hybridized carbons (Fsp3) is 0.273. The molecule has 3 nitrogen and oxygen atoms in total. The van der Waals surface area contributed by atoms with E-state index in [-0.39, 0.29) is 0 Å². The number of rotatable bonds is 4. The predicted molar refractivity (Wildman–Crippen MR) is 53.5 cm³/mol. The number of allylic oxidation sites excluding steroid dienone is 1. The SMILES string of the molecule is COc1ccc(OC)c(CC=C=O)c1. The summed E-state index contributed by atoms with van der Waals surface area (Å²) in [4.78, 5) is 10.1. The average molecular weight is 192 g/mol. The molecule has 0 heterocycles.